The summed E-state index contributed by atoms with van der Waals surface area (Å²) in [6.07, 6.45) is 5.48. The highest BCUT2D eigenvalue weighted by atomic mass is 19.1. The minimum absolute atomic E-state index is 0.223. The highest BCUT2D eigenvalue weighted by Crippen LogP contribution is 2.28. The van der Waals surface area contributed by atoms with Crippen molar-refractivity contribution in [3.8, 4) is 5.69 Å². The maximum atomic E-state index is 13.9. The van der Waals surface area contributed by atoms with Gasteiger partial charge in [0.25, 0.3) is 0 Å². The van der Waals surface area contributed by atoms with E-state index in [-0.39, 0.29) is 11.6 Å². The molecule has 1 unspecified atom stereocenters. The van der Waals surface area contributed by atoms with E-state index >= 15 is 0 Å². The fraction of sp³-hybridized carbons (Fsp3) is 0.333. The van der Waals surface area contributed by atoms with Crippen LogP contribution in [0.25, 0.3) is 16.6 Å². The van der Waals surface area contributed by atoms with Crippen LogP contribution in [0.1, 0.15) is 25.3 Å². The predicted molar refractivity (Wildman–Crippen MR) is 97.2 cm³/mol. The van der Waals surface area contributed by atoms with Crippen LogP contribution in [0.4, 0.5) is 8.78 Å². The number of hydrogen-bond donors (Lipinski definition) is 0. The lowest BCUT2D eigenvalue weighted by atomic mass is 10.1. The molecule has 0 amide bonds. The van der Waals surface area contributed by atoms with Crippen molar-refractivity contribution in [2.24, 2.45) is 0 Å². The maximum Gasteiger partial charge on any atom is 0.123 e. The van der Waals surface area contributed by atoms with Gasteiger partial charge in [0.15, 0.2) is 0 Å². The van der Waals surface area contributed by atoms with Crippen LogP contribution in [0, 0.1) is 11.6 Å². The molecule has 0 saturated carbocycles. The maximum absolute atomic E-state index is 13.9. The first-order valence-corrected chi connectivity index (χ1v) is 8.91. The second-order valence-corrected chi connectivity index (χ2v) is 6.96. The summed E-state index contributed by atoms with van der Waals surface area (Å²) in [5.74, 6) is -0.478. The normalized spacial score (nSPS) is 16.6. The van der Waals surface area contributed by atoms with Gasteiger partial charge in [-0.25, -0.2) is 8.78 Å². The summed E-state index contributed by atoms with van der Waals surface area (Å²) < 4.78 is 29.1. The van der Waals surface area contributed by atoms with E-state index in [0.29, 0.717) is 6.04 Å². The highest BCUT2D eigenvalue weighted by Gasteiger charge is 2.20. The van der Waals surface area contributed by atoms with Gasteiger partial charge in [-0.1, -0.05) is 0 Å². The average Bonchev–Trinajstić information content (AvgIpc) is 3.24. The van der Waals surface area contributed by atoms with Gasteiger partial charge < -0.3 is 9.47 Å². The number of rotatable bonds is 4. The fourth-order valence-electron chi connectivity index (χ4n) is 3.88. The SMILES string of the molecule is CC(Cc1cn(-c2ccc(F)cc2)c2ccc(F)cc12)N1CCCC1. The molecule has 0 aliphatic carbocycles. The van der Waals surface area contributed by atoms with E-state index in [1.807, 2.05) is 4.57 Å². The zero-order valence-corrected chi connectivity index (χ0v) is 14.4. The number of aromatic nitrogens is 1. The summed E-state index contributed by atoms with van der Waals surface area (Å²) in [6, 6.07) is 11.7. The van der Waals surface area contributed by atoms with Crippen molar-refractivity contribution in [1.82, 2.24) is 9.47 Å². The number of likely N-dealkylation sites (tertiary alicyclic amines) is 1. The molecule has 1 atom stereocenters. The van der Waals surface area contributed by atoms with Crippen molar-refractivity contribution >= 4 is 10.9 Å². The fourth-order valence-corrected chi connectivity index (χ4v) is 3.88. The van der Waals surface area contributed by atoms with E-state index in [1.54, 1.807) is 24.3 Å². The monoisotopic (exact) mass is 340 g/mol. The van der Waals surface area contributed by atoms with E-state index in [1.165, 1.54) is 31.0 Å². The van der Waals surface area contributed by atoms with E-state index in [0.717, 1.165) is 41.7 Å². The van der Waals surface area contributed by atoms with E-state index in [2.05, 4.69) is 18.0 Å². The van der Waals surface area contributed by atoms with Gasteiger partial charge in [0.2, 0.25) is 0 Å². The number of hydrogen-bond acceptors (Lipinski definition) is 1. The summed E-state index contributed by atoms with van der Waals surface area (Å²) in [5, 5.41) is 0.940. The quantitative estimate of drug-likeness (QED) is 0.653. The van der Waals surface area contributed by atoms with Crippen molar-refractivity contribution in [3.63, 3.8) is 0 Å². The van der Waals surface area contributed by atoms with Crippen LogP contribution >= 0.6 is 0 Å². The Labute approximate surface area is 146 Å². The molecule has 25 heavy (non-hydrogen) atoms. The van der Waals surface area contributed by atoms with Crippen molar-refractivity contribution < 1.29 is 8.78 Å². The van der Waals surface area contributed by atoms with Gasteiger partial charge in [-0.2, -0.15) is 0 Å². The van der Waals surface area contributed by atoms with Crippen LogP contribution in [0.2, 0.25) is 0 Å². The third-order valence-corrected chi connectivity index (χ3v) is 5.23. The van der Waals surface area contributed by atoms with Crippen molar-refractivity contribution in [1.29, 1.82) is 0 Å². The zero-order valence-electron chi connectivity index (χ0n) is 14.4. The standard InChI is InChI=1S/C21H22F2N2/c1-15(24-10-2-3-11-24)12-16-14-25(19-7-4-17(22)5-8-19)21-9-6-18(23)13-20(16)21/h4-9,13-15H,2-3,10-12H2,1H3. The molecule has 1 aliphatic heterocycles. The molecular formula is C21H22F2N2. The van der Waals surface area contributed by atoms with Gasteiger partial charge in [0, 0.05) is 23.3 Å². The molecule has 1 aromatic heterocycles. The number of halogens is 2. The lowest BCUT2D eigenvalue weighted by Gasteiger charge is -2.23. The van der Waals surface area contributed by atoms with E-state index in [4.69, 9.17) is 0 Å². The molecule has 0 bridgehead atoms. The summed E-state index contributed by atoms with van der Waals surface area (Å²) in [5.41, 5.74) is 2.98. The Kier molecular flexibility index (Phi) is 4.30. The molecular weight excluding hydrogens is 318 g/mol. The third kappa shape index (κ3) is 3.19. The molecule has 1 fully saturated rings. The molecule has 4 heteroatoms. The van der Waals surface area contributed by atoms with Crippen LogP contribution in [0.15, 0.2) is 48.7 Å². The number of fused-ring (bicyclic) bond motifs is 1. The van der Waals surface area contributed by atoms with Gasteiger partial charge in [0.1, 0.15) is 11.6 Å². The molecule has 1 saturated heterocycles. The first kappa shape index (κ1) is 16.3. The molecule has 2 nitrogen and oxygen atoms in total. The summed E-state index contributed by atoms with van der Waals surface area (Å²) in [6.45, 7) is 4.53. The second-order valence-electron chi connectivity index (χ2n) is 6.96. The Hall–Kier alpha value is -2.20. The number of nitrogens with zero attached hydrogens (tertiary/aromatic N) is 2. The summed E-state index contributed by atoms with van der Waals surface area (Å²) in [7, 11) is 0. The first-order chi connectivity index (χ1) is 12.1. The van der Waals surface area contributed by atoms with Crippen LogP contribution in [-0.4, -0.2) is 28.6 Å². The van der Waals surface area contributed by atoms with Crippen LogP contribution in [-0.2, 0) is 6.42 Å². The topological polar surface area (TPSA) is 8.17 Å². The van der Waals surface area contributed by atoms with Gasteiger partial charge >= 0.3 is 0 Å². The predicted octanol–water partition coefficient (Wildman–Crippen LogP) is 4.94. The molecule has 0 spiro atoms. The largest absolute Gasteiger partial charge is 0.316 e. The minimum atomic E-state index is -0.255. The molecule has 1 aliphatic rings. The smallest absolute Gasteiger partial charge is 0.123 e. The van der Waals surface area contributed by atoms with Gasteiger partial charge in [-0.05, 0) is 87.3 Å². The third-order valence-electron chi connectivity index (χ3n) is 5.23. The molecule has 0 radical (unpaired) electrons. The number of benzene rings is 2. The van der Waals surface area contributed by atoms with Crippen molar-refractivity contribution in [2.45, 2.75) is 32.2 Å². The van der Waals surface area contributed by atoms with Crippen LogP contribution in [0.3, 0.4) is 0 Å². The first-order valence-electron chi connectivity index (χ1n) is 8.91. The van der Waals surface area contributed by atoms with Gasteiger partial charge in [0.05, 0.1) is 5.52 Å². The Morgan fingerprint density at radius 2 is 1.64 bits per heavy atom. The molecule has 2 heterocycles. The molecule has 4 rings (SSSR count). The van der Waals surface area contributed by atoms with E-state index in [9.17, 15) is 8.78 Å². The highest BCUT2D eigenvalue weighted by molar-refractivity contribution is 5.85. The molecule has 2 aromatic carbocycles. The Bertz CT molecular complexity index is 877. The van der Waals surface area contributed by atoms with Crippen molar-refractivity contribution in [2.75, 3.05) is 13.1 Å². The van der Waals surface area contributed by atoms with Crippen LogP contribution < -0.4 is 0 Å². The molecule has 0 N–H and O–H groups in total. The average molecular weight is 340 g/mol. The Morgan fingerprint density at radius 3 is 2.36 bits per heavy atom. The summed E-state index contributed by atoms with van der Waals surface area (Å²) in [4.78, 5) is 2.50. The minimum Gasteiger partial charge on any atom is -0.316 e. The zero-order chi connectivity index (χ0) is 17.4. The lowest BCUT2D eigenvalue weighted by molar-refractivity contribution is 0.258. The van der Waals surface area contributed by atoms with Crippen molar-refractivity contribution in [3.05, 3.63) is 65.9 Å². The second kappa shape index (κ2) is 6.60. The van der Waals surface area contributed by atoms with E-state index < -0.39 is 0 Å². The Balaban J connectivity index is 1.75. The van der Waals surface area contributed by atoms with Crippen LogP contribution in [0.5, 0.6) is 0 Å². The molecule has 3 aromatic rings. The van der Waals surface area contributed by atoms with Gasteiger partial charge in [-0.15, -0.1) is 0 Å². The lowest BCUT2D eigenvalue weighted by Crippen LogP contribution is -2.31. The Morgan fingerprint density at radius 1 is 0.960 bits per heavy atom. The van der Waals surface area contributed by atoms with Gasteiger partial charge in [-0.3, -0.25) is 0 Å². The molecule has 130 valence electrons. The summed E-state index contributed by atoms with van der Waals surface area (Å²) >= 11 is 0.